The van der Waals surface area contributed by atoms with Gasteiger partial charge in [0.15, 0.2) is 5.75 Å². The number of carboxylic acids is 1. The molecule has 0 bridgehead atoms. The van der Waals surface area contributed by atoms with Crippen LogP contribution in [0, 0.1) is 0 Å². The zero-order valence-corrected chi connectivity index (χ0v) is 9.25. The van der Waals surface area contributed by atoms with E-state index in [4.69, 9.17) is 9.84 Å². The molecule has 0 aliphatic rings. The Morgan fingerprint density at radius 3 is 2.53 bits per heavy atom. The summed E-state index contributed by atoms with van der Waals surface area (Å²) in [5.74, 6) is -0.743. The van der Waals surface area contributed by atoms with Crippen molar-refractivity contribution in [3.05, 3.63) is 48.2 Å². The van der Waals surface area contributed by atoms with E-state index in [1.54, 1.807) is 0 Å². The van der Waals surface area contributed by atoms with Gasteiger partial charge in [0.25, 0.3) is 0 Å². The fourth-order valence-electron chi connectivity index (χ4n) is 1.62. The number of aromatic carboxylic acids is 1. The fraction of sp³-hybridized carbons (Fsp3) is 0.0769. The summed E-state index contributed by atoms with van der Waals surface area (Å²) in [5, 5.41) is 9.06. The lowest BCUT2D eigenvalue weighted by molar-refractivity contribution is 0.0693. The minimum Gasteiger partial charge on any atom is -0.494 e. The van der Waals surface area contributed by atoms with Gasteiger partial charge in [0.05, 0.1) is 7.11 Å². The first-order valence-electron chi connectivity index (χ1n) is 5.05. The molecule has 0 saturated carbocycles. The Morgan fingerprint density at radius 1 is 1.24 bits per heavy atom. The van der Waals surface area contributed by atoms with Crippen LogP contribution in [0.25, 0.3) is 11.3 Å². The molecule has 0 radical (unpaired) electrons. The van der Waals surface area contributed by atoms with Crippen molar-refractivity contribution in [2.75, 3.05) is 7.11 Å². The molecule has 1 aromatic carbocycles. The second-order valence-corrected chi connectivity index (χ2v) is 3.41. The molecule has 1 heterocycles. The molecule has 1 N–H and O–H groups in total. The van der Waals surface area contributed by atoms with Gasteiger partial charge in [0.1, 0.15) is 11.3 Å². The van der Waals surface area contributed by atoms with Crippen LogP contribution < -0.4 is 4.74 Å². The molecular weight excluding hydrogens is 218 g/mol. The Balaban J connectivity index is 2.63. The highest BCUT2D eigenvalue weighted by atomic mass is 16.5. The molecule has 4 heteroatoms. The number of ether oxygens (including phenoxy) is 1. The summed E-state index contributed by atoms with van der Waals surface area (Å²) in [6.45, 7) is 0. The largest absolute Gasteiger partial charge is 0.494 e. The van der Waals surface area contributed by atoms with Crippen LogP contribution in [0.3, 0.4) is 0 Å². The van der Waals surface area contributed by atoms with Gasteiger partial charge in [0.2, 0.25) is 0 Å². The van der Waals surface area contributed by atoms with Crippen molar-refractivity contribution in [3.8, 4) is 17.0 Å². The number of nitrogens with zero attached hydrogens (tertiary/aromatic N) is 1. The third kappa shape index (κ3) is 2.10. The molecule has 17 heavy (non-hydrogen) atoms. The van der Waals surface area contributed by atoms with E-state index in [1.807, 2.05) is 30.3 Å². The molecule has 0 aliphatic carbocycles. The van der Waals surface area contributed by atoms with Gasteiger partial charge in [0, 0.05) is 11.8 Å². The number of pyridine rings is 1. The molecule has 0 saturated heterocycles. The standard InChI is InChI=1S/C13H11NO3/c1-17-12-10(13(15)16)7-8-14-11(12)9-5-3-2-4-6-9/h2-8H,1H3,(H,15,16). The van der Waals surface area contributed by atoms with Crippen LogP contribution >= 0.6 is 0 Å². The van der Waals surface area contributed by atoms with Crippen LogP contribution in [0.4, 0.5) is 0 Å². The van der Waals surface area contributed by atoms with E-state index >= 15 is 0 Å². The SMILES string of the molecule is COc1c(C(=O)O)ccnc1-c1ccccc1. The average Bonchev–Trinajstić information content (AvgIpc) is 2.38. The van der Waals surface area contributed by atoms with Crippen LogP contribution in [-0.2, 0) is 0 Å². The van der Waals surface area contributed by atoms with Crippen LogP contribution in [0.15, 0.2) is 42.6 Å². The van der Waals surface area contributed by atoms with Crippen LogP contribution in [0.5, 0.6) is 5.75 Å². The van der Waals surface area contributed by atoms with Crippen LogP contribution in [-0.4, -0.2) is 23.2 Å². The van der Waals surface area contributed by atoms with Gasteiger partial charge in [-0.2, -0.15) is 0 Å². The maximum Gasteiger partial charge on any atom is 0.339 e. The summed E-state index contributed by atoms with van der Waals surface area (Å²) in [6, 6.07) is 10.8. The predicted molar refractivity (Wildman–Crippen MR) is 63.2 cm³/mol. The topological polar surface area (TPSA) is 59.4 Å². The lowest BCUT2D eigenvalue weighted by Crippen LogP contribution is -2.03. The Labute approximate surface area is 98.5 Å². The van der Waals surface area contributed by atoms with E-state index in [1.165, 1.54) is 19.4 Å². The number of carbonyl (C=O) groups is 1. The Hall–Kier alpha value is -2.36. The third-order valence-corrected chi connectivity index (χ3v) is 2.39. The summed E-state index contributed by atoms with van der Waals surface area (Å²) >= 11 is 0. The van der Waals surface area contributed by atoms with E-state index in [9.17, 15) is 4.79 Å². The lowest BCUT2D eigenvalue weighted by Gasteiger charge is -2.09. The van der Waals surface area contributed by atoms with Crippen molar-refractivity contribution in [2.24, 2.45) is 0 Å². The highest BCUT2D eigenvalue weighted by Crippen LogP contribution is 2.30. The van der Waals surface area contributed by atoms with Gasteiger partial charge in [-0.25, -0.2) is 4.79 Å². The molecule has 0 amide bonds. The number of benzene rings is 1. The summed E-state index contributed by atoms with van der Waals surface area (Å²) in [7, 11) is 1.44. The monoisotopic (exact) mass is 229 g/mol. The normalized spacial score (nSPS) is 9.94. The first-order valence-corrected chi connectivity index (χ1v) is 5.05. The molecule has 0 spiro atoms. The summed E-state index contributed by atoms with van der Waals surface area (Å²) in [6.07, 6.45) is 1.47. The Morgan fingerprint density at radius 2 is 1.94 bits per heavy atom. The fourth-order valence-corrected chi connectivity index (χ4v) is 1.62. The molecule has 0 atom stereocenters. The molecule has 0 unspecified atom stereocenters. The van der Waals surface area contributed by atoms with Gasteiger partial charge in [-0.1, -0.05) is 30.3 Å². The number of rotatable bonds is 3. The van der Waals surface area contributed by atoms with Crippen molar-refractivity contribution in [1.82, 2.24) is 4.98 Å². The minimum atomic E-state index is -1.03. The number of aromatic nitrogens is 1. The number of hydrogen-bond acceptors (Lipinski definition) is 3. The van der Waals surface area contributed by atoms with E-state index in [2.05, 4.69) is 4.98 Å². The van der Waals surface area contributed by atoms with E-state index in [-0.39, 0.29) is 11.3 Å². The van der Waals surface area contributed by atoms with Gasteiger partial charge in [-0.15, -0.1) is 0 Å². The van der Waals surface area contributed by atoms with E-state index in [0.717, 1.165) is 5.56 Å². The maximum atomic E-state index is 11.1. The molecular formula is C13H11NO3. The zero-order valence-electron chi connectivity index (χ0n) is 9.25. The maximum absolute atomic E-state index is 11.1. The van der Waals surface area contributed by atoms with Crippen molar-refractivity contribution >= 4 is 5.97 Å². The van der Waals surface area contributed by atoms with Crippen LogP contribution in [0.2, 0.25) is 0 Å². The van der Waals surface area contributed by atoms with Crippen molar-refractivity contribution in [3.63, 3.8) is 0 Å². The second kappa shape index (κ2) is 4.65. The van der Waals surface area contributed by atoms with Gasteiger partial charge in [-0.3, -0.25) is 4.98 Å². The number of methoxy groups -OCH3 is 1. The predicted octanol–water partition coefficient (Wildman–Crippen LogP) is 2.46. The highest BCUT2D eigenvalue weighted by molar-refractivity contribution is 5.93. The molecule has 86 valence electrons. The Bertz CT molecular complexity index is 538. The number of carboxylic acid groups (broad SMARTS) is 1. The van der Waals surface area contributed by atoms with Crippen molar-refractivity contribution < 1.29 is 14.6 Å². The molecule has 4 nitrogen and oxygen atoms in total. The van der Waals surface area contributed by atoms with Crippen LogP contribution in [0.1, 0.15) is 10.4 Å². The van der Waals surface area contributed by atoms with E-state index in [0.29, 0.717) is 5.69 Å². The minimum absolute atomic E-state index is 0.112. The third-order valence-electron chi connectivity index (χ3n) is 2.39. The molecule has 0 aliphatic heterocycles. The Kier molecular flexibility index (Phi) is 3.05. The van der Waals surface area contributed by atoms with Crippen molar-refractivity contribution in [1.29, 1.82) is 0 Å². The first-order chi connectivity index (χ1) is 8.24. The smallest absolute Gasteiger partial charge is 0.339 e. The average molecular weight is 229 g/mol. The summed E-state index contributed by atoms with van der Waals surface area (Å²) < 4.78 is 5.15. The van der Waals surface area contributed by atoms with Crippen molar-refractivity contribution in [2.45, 2.75) is 0 Å². The second-order valence-electron chi connectivity index (χ2n) is 3.41. The van der Waals surface area contributed by atoms with E-state index < -0.39 is 5.97 Å². The molecule has 2 rings (SSSR count). The van der Waals surface area contributed by atoms with Gasteiger partial charge in [-0.05, 0) is 6.07 Å². The molecule has 2 aromatic rings. The molecule has 0 fully saturated rings. The summed E-state index contributed by atoms with van der Waals surface area (Å²) in [5.41, 5.74) is 1.47. The quantitative estimate of drug-likeness (QED) is 0.878. The highest BCUT2D eigenvalue weighted by Gasteiger charge is 2.16. The molecule has 1 aromatic heterocycles. The summed E-state index contributed by atoms with van der Waals surface area (Å²) in [4.78, 5) is 15.2. The van der Waals surface area contributed by atoms with Gasteiger partial charge < -0.3 is 9.84 Å². The lowest BCUT2D eigenvalue weighted by atomic mass is 10.1. The number of hydrogen-bond donors (Lipinski definition) is 1. The first kappa shape index (κ1) is 11.1. The van der Waals surface area contributed by atoms with Gasteiger partial charge >= 0.3 is 5.97 Å². The zero-order chi connectivity index (χ0) is 12.3.